The van der Waals surface area contributed by atoms with E-state index in [9.17, 15) is 18.8 Å². The first-order valence-corrected chi connectivity index (χ1v) is 9.57. The van der Waals surface area contributed by atoms with Crippen LogP contribution < -0.4 is 0 Å². The normalized spacial score (nSPS) is 16.3. The fourth-order valence-electron chi connectivity index (χ4n) is 3.52. The van der Waals surface area contributed by atoms with Crippen LogP contribution in [-0.2, 0) is 25.6 Å². The molecule has 0 radical (unpaired) electrons. The van der Waals surface area contributed by atoms with Crippen molar-refractivity contribution in [2.75, 3.05) is 13.7 Å². The first kappa shape index (κ1) is 22.0. The Bertz CT molecular complexity index is 1050. The third kappa shape index (κ3) is 4.74. The van der Waals surface area contributed by atoms with Crippen molar-refractivity contribution in [3.8, 4) is 0 Å². The summed E-state index contributed by atoms with van der Waals surface area (Å²) in [6.45, 7) is 5.17. The molecule has 3 rings (SSSR count). The van der Waals surface area contributed by atoms with Gasteiger partial charge in [0.2, 0.25) is 11.7 Å². The third-order valence-electron chi connectivity index (χ3n) is 4.99. The summed E-state index contributed by atoms with van der Waals surface area (Å²) < 4.78 is 29.1. The molecule has 0 aliphatic carbocycles. The van der Waals surface area contributed by atoms with Crippen molar-refractivity contribution in [1.29, 1.82) is 0 Å². The molecule has 8 heteroatoms. The number of carbonyl (C=O) groups excluding carboxylic acids is 3. The lowest BCUT2D eigenvalue weighted by atomic mass is 9.83. The first-order valence-electron chi connectivity index (χ1n) is 9.57. The van der Waals surface area contributed by atoms with Crippen molar-refractivity contribution in [2.45, 2.75) is 25.8 Å². The fraction of sp³-hybridized carbons (Fsp3) is 0.261. The molecule has 0 saturated carbocycles. The zero-order chi connectivity index (χ0) is 22.5. The summed E-state index contributed by atoms with van der Waals surface area (Å²) in [5.74, 6) is -2.29. The van der Waals surface area contributed by atoms with Crippen molar-refractivity contribution in [1.82, 2.24) is 4.90 Å². The fourth-order valence-corrected chi connectivity index (χ4v) is 3.52. The van der Waals surface area contributed by atoms with Crippen LogP contribution in [0.2, 0.25) is 0 Å². The average Bonchev–Trinajstić information content (AvgIpc) is 3.22. The Labute approximate surface area is 178 Å². The van der Waals surface area contributed by atoms with Gasteiger partial charge in [-0.15, -0.1) is 0 Å². The van der Waals surface area contributed by atoms with E-state index < -0.39 is 23.7 Å². The summed E-state index contributed by atoms with van der Waals surface area (Å²) in [6, 6.07) is 8.80. The van der Waals surface area contributed by atoms with Gasteiger partial charge < -0.3 is 18.8 Å². The predicted molar refractivity (Wildman–Crippen MR) is 108 cm³/mol. The molecule has 2 heterocycles. The quantitative estimate of drug-likeness (QED) is 0.495. The molecule has 1 aromatic heterocycles. The van der Waals surface area contributed by atoms with Crippen LogP contribution in [-0.4, -0.2) is 36.5 Å². The standard InChI is InChI=1S/C23H22FNO6/c1-4-10-30-23(28)21-14(2)25(13-17-8-9-19(31-17)22(27)29-3)20(26)12-18(21)15-6-5-7-16(24)11-15/h4-9,11,18H,1,10,12-13H2,2-3H3/t18-/m1/s1. The molecule has 0 bridgehead atoms. The molecule has 0 unspecified atom stereocenters. The van der Waals surface area contributed by atoms with Crippen LogP contribution in [0.3, 0.4) is 0 Å². The second-order valence-corrected chi connectivity index (χ2v) is 6.94. The number of halogens is 1. The Kier molecular flexibility index (Phi) is 6.69. The van der Waals surface area contributed by atoms with E-state index in [1.165, 1.54) is 42.4 Å². The van der Waals surface area contributed by atoms with Gasteiger partial charge in [-0.3, -0.25) is 4.79 Å². The Morgan fingerprint density at radius 1 is 1.29 bits per heavy atom. The van der Waals surface area contributed by atoms with Crippen LogP contribution in [0.4, 0.5) is 4.39 Å². The highest BCUT2D eigenvalue weighted by molar-refractivity contribution is 5.96. The van der Waals surface area contributed by atoms with Crippen LogP contribution in [0.5, 0.6) is 0 Å². The second kappa shape index (κ2) is 9.42. The first-order chi connectivity index (χ1) is 14.8. The number of rotatable bonds is 7. The number of carbonyl (C=O) groups is 3. The lowest BCUT2D eigenvalue weighted by Crippen LogP contribution is -2.38. The number of esters is 2. The highest BCUT2D eigenvalue weighted by atomic mass is 19.1. The molecule has 0 N–H and O–H groups in total. The maximum atomic E-state index is 13.8. The molecule has 7 nitrogen and oxygen atoms in total. The van der Waals surface area contributed by atoms with Crippen molar-refractivity contribution >= 4 is 17.8 Å². The van der Waals surface area contributed by atoms with Crippen LogP contribution >= 0.6 is 0 Å². The van der Waals surface area contributed by atoms with Gasteiger partial charge in [0.05, 0.1) is 19.2 Å². The number of ether oxygens (including phenoxy) is 2. The lowest BCUT2D eigenvalue weighted by Gasteiger charge is -2.34. The summed E-state index contributed by atoms with van der Waals surface area (Å²) in [4.78, 5) is 38.8. The summed E-state index contributed by atoms with van der Waals surface area (Å²) in [5, 5.41) is 0. The Hall–Kier alpha value is -3.68. The molecule has 1 aliphatic rings. The molecular formula is C23H22FNO6. The highest BCUT2D eigenvalue weighted by Gasteiger charge is 2.37. The Morgan fingerprint density at radius 2 is 2.06 bits per heavy atom. The number of furan rings is 1. The van der Waals surface area contributed by atoms with Crippen LogP contribution in [0.25, 0.3) is 0 Å². The molecule has 31 heavy (non-hydrogen) atoms. The predicted octanol–water partition coefficient (Wildman–Crippen LogP) is 3.72. The number of hydrogen-bond donors (Lipinski definition) is 0. The summed E-state index contributed by atoms with van der Waals surface area (Å²) in [7, 11) is 1.24. The number of benzene rings is 1. The molecule has 0 saturated heterocycles. The molecule has 1 aromatic carbocycles. The van der Waals surface area contributed by atoms with E-state index in [1.54, 1.807) is 19.1 Å². The second-order valence-electron chi connectivity index (χ2n) is 6.94. The van der Waals surface area contributed by atoms with Gasteiger partial charge in [-0.25, -0.2) is 14.0 Å². The minimum atomic E-state index is -0.654. The van der Waals surface area contributed by atoms with Gasteiger partial charge in [-0.2, -0.15) is 0 Å². The maximum Gasteiger partial charge on any atom is 0.373 e. The largest absolute Gasteiger partial charge is 0.463 e. The number of amides is 1. The number of hydrogen-bond acceptors (Lipinski definition) is 6. The van der Waals surface area contributed by atoms with Crippen molar-refractivity contribution in [3.63, 3.8) is 0 Å². The van der Waals surface area contributed by atoms with E-state index in [4.69, 9.17) is 9.15 Å². The minimum Gasteiger partial charge on any atom is -0.463 e. The molecule has 1 amide bonds. The molecule has 2 aromatic rings. The van der Waals surface area contributed by atoms with Gasteiger partial charge >= 0.3 is 11.9 Å². The van der Waals surface area contributed by atoms with E-state index in [0.717, 1.165) is 0 Å². The minimum absolute atomic E-state index is 0.000103. The third-order valence-corrected chi connectivity index (χ3v) is 4.99. The molecule has 1 aliphatic heterocycles. The maximum absolute atomic E-state index is 13.8. The van der Waals surface area contributed by atoms with Gasteiger partial charge in [0, 0.05) is 18.0 Å². The number of allylic oxidation sites excluding steroid dienone is 1. The monoisotopic (exact) mass is 427 g/mol. The van der Waals surface area contributed by atoms with Gasteiger partial charge in [-0.05, 0) is 36.8 Å². The average molecular weight is 427 g/mol. The highest BCUT2D eigenvalue weighted by Crippen LogP contribution is 2.38. The molecule has 1 atom stereocenters. The van der Waals surface area contributed by atoms with E-state index >= 15 is 0 Å². The van der Waals surface area contributed by atoms with Gasteiger partial charge in [0.1, 0.15) is 18.2 Å². The zero-order valence-electron chi connectivity index (χ0n) is 17.2. The van der Waals surface area contributed by atoms with E-state index in [2.05, 4.69) is 11.3 Å². The summed E-state index contributed by atoms with van der Waals surface area (Å²) in [6.07, 6.45) is 1.39. The van der Waals surface area contributed by atoms with E-state index in [1.807, 2.05) is 0 Å². The van der Waals surface area contributed by atoms with Crippen molar-refractivity contribution in [3.05, 3.63) is 83.2 Å². The molecular weight excluding hydrogens is 405 g/mol. The van der Waals surface area contributed by atoms with Crippen molar-refractivity contribution in [2.24, 2.45) is 0 Å². The number of methoxy groups -OCH3 is 1. The lowest BCUT2D eigenvalue weighted by molar-refractivity contribution is -0.139. The van der Waals surface area contributed by atoms with Crippen LogP contribution in [0.15, 0.2) is 64.7 Å². The SMILES string of the molecule is C=CCOC(=O)C1=C(C)N(Cc2ccc(C(=O)OC)o2)C(=O)C[C@@H]1c1cccc(F)c1. The zero-order valence-corrected chi connectivity index (χ0v) is 17.2. The van der Waals surface area contributed by atoms with Gasteiger partial charge in [0.25, 0.3) is 0 Å². The molecule has 0 fully saturated rings. The van der Waals surface area contributed by atoms with E-state index in [0.29, 0.717) is 17.0 Å². The summed E-state index contributed by atoms with van der Waals surface area (Å²) >= 11 is 0. The van der Waals surface area contributed by atoms with Gasteiger partial charge in [-0.1, -0.05) is 24.8 Å². The van der Waals surface area contributed by atoms with Crippen LogP contribution in [0, 0.1) is 5.82 Å². The Morgan fingerprint density at radius 3 is 2.74 bits per heavy atom. The molecule has 0 spiro atoms. The van der Waals surface area contributed by atoms with E-state index in [-0.39, 0.29) is 36.8 Å². The van der Waals surface area contributed by atoms with Gasteiger partial charge in [0.15, 0.2) is 0 Å². The summed E-state index contributed by atoms with van der Waals surface area (Å²) in [5.41, 5.74) is 1.13. The topological polar surface area (TPSA) is 86.1 Å². The Balaban J connectivity index is 1.98. The smallest absolute Gasteiger partial charge is 0.373 e. The van der Waals surface area contributed by atoms with Crippen molar-refractivity contribution < 1.29 is 32.7 Å². The van der Waals surface area contributed by atoms with Crippen LogP contribution in [0.1, 0.15) is 41.1 Å². The molecule has 162 valence electrons. The number of nitrogens with zero attached hydrogens (tertiary/aromatic N) is 1.